The summed E-state index contributed by atoms with van der Waals surface area (Å²) in [7, 11) is 0. The summed E-state index contributed by atoms with van der Waals surface area (Å²) in [6.07, 6.45) is 4.96. The molecule has 0 unspecified atom stereocenters. The minimum atomic E-state index is -0.357. The normalized spacial score (nSPS) is 11.0. The molecule has 1 amide bonds. The van der Waals surface area contributed by atoms with Crippen molar-refractivity contribution in [3.05, 3.63) is 72.4 Å². The number of carbonyl (C=O) groups excluding carboxylic acids is 2. The van der Waals surface area contributed by atoms with Crippen LogP contribution in [0.2, 0.25) is 0 Å². The van der Waals surface area contributed by atoms with Gasteiger partial charge in [0.1, 0.15) is 5.69 Å². The number of hydrogen-bond acceptors (Lipinski definition) is 5. The van der Waals surface area contributed by atoms with Crippen LogP contribution in [0.3, 0.4) is 0 Å². The highest BCUT2D eigenvalue weighted by Crippen LogP contribution is 2.25. The van der Waals surface area contributed by atoms with E-state index < -0.39 is 0 Å². The number of fused-ring (bicyclic) bond motifs is 1. The van der Waals surface area contributed by atoms with Crippen molar-refractivity contribution in [1.29, 1.82) is 0 Å². The molecule has 0 aliphatic rings. The largest absolute Gasteiger partial charge is 0.319 e. The third-order valence-electron chi connectivity index (χ3n) is 4.57. The molecule has 0 fully saturated rings. The summed E-state index contributed by atoms with van der Waals surface area (Å²) < 4.78 is 0. The van der Waals surface area contributed by atoms with Gasteiger partial charge in [0.2, 0.25) is 0 Å². The zero-order valence-electron chi connectivity index (χ0n) is 16.0. The molecule has 4 aromatic rings. The Bertz CT molecular complexity index is 1180. The molecule has 29 heavy (non-hydrogen) atoms. The Kier molecular flexibility index (Phi) is 4.87. The van der Waals surface area contributed by atoms with Crippen LogP contribution in [0.15, 0.2) is 61.1 Å². The van der Waals surface area contributed by atoms with Gasteiger partial charge in [0, 0.05) is 29.3 Å². The Labute approximate surface area is 167 Å². The van der Waals surface area contributed by atoms with E-state index in [4.69, 9.17) is 0 Å². The van der Waals surface area contributed by atoms with Gasteiger partial charge in [0.25, 0.3) is 5.91 Å². The topological polar surface area (TPSA) is 101 Å². The summed E-state index contributed by atoms with van der Waals surface area (Å²) in [6, 6.07) is 12.8. The van der Waals surface area contributed by atoms with Crippen LogP contribution in [-0.4, -0.2) is 31.9 Å². The van der Waals surface area contributed by atoms with E-state index in [1.54, 1.807) is 24.5 Å². The second-order valence-corrected chi connectivity index (χ2v) is 6.98. The molecule has 0 radical (unpaired) electrons. The van der Waals surface area contributed by atoms with Crippen LogP contribution in [-0.2, 0) is 0 Å². The monoisotopic (exact) mass is 385 g/mol. The van der Waals surface area contributed by atoms with Crippen molar-refractivity contribution in [3.8, 4) is 11.1 Å². The number of hydrogen-bond donors (Lipinski definition) is 2. The van der Waals surface area contributed by atoms with Crippen molar-refractivity contribution in [2.45, 2.75) is 13.8 Å². The van der Waals surface area contributed by atoms with Gasteiger partial charge < -0.3 is 5.32 Å². The highest BCUT2D eigenvalue weighted by molar-refractivity contribution is 6.11. The quantitative estimate of drug-likeness (QED) is 0.504. The first-order valence-electron chi connectivity index (χ1n) is 9.23. The average Bonchev–Trinajstić information content (AvgIpc) is 3.17. The molecule has 0 saturated heterocycles. The standard InChI is InChI=1S/C22H19N5O2/c1-13(2)21(28)19-8-6-16(12-24-19)25-22(29)20-17-10-14(5-7-18(17)26-27-20)15-4-3-9-23-11-15/h3-13H,1-2H3,(H,25,29)(H,26,27). The Hall–Kier alpha value is -3.87. The molecule has 1 aromatic carbocycles. The van der Waals surface area contributed by atoms with Gasteiger partial charge >= 0.3 is 0 Å². The van der Waals surface area contributed by atoms with Crippen LogP contribution in [0.4, 0.5) is 5.69 Å². The summed E-state index contributed by atoms with van der Waals surface area (Å²) in [5.74, 6) is -0.527. The van der Waals surface area contributed by atoms with Gasteiger partial charge in [-0.25, -0.2) is 0 Å². The minimum absolute atomic E-state index is 0.0379. The number of aromatic amines is 1. The summed E-state index contributed by atoms with van der Waals surface area (Å²) in [6.45, 7) is 3.64. The number of amides is 1. The molecular formula is C22H19N5O2. The zero-order valence-corrected chi connectivity index (χ0v) is 16.0. The van der Waals surface area contributed by atoms with Gasteiger partial charge in [-0.3, -0.25) is 24.7 Å². The molecule has 0 aliphatic heterocycles. The summed E-state index contributed by atoms with van der Waals surface area (Å²) >= 11 is 0. The third kappa shape index (κ3) is 3.75. The highest BCUT2D eigenvalue weighted by Gasteiger charge is 2.16. The lowest BCUT2D eigenvalue weighted by Gasteiger charge is -2.06. The number of aromatic nitrogens is 4. The Morgan fingerprint density at radius 2 is 1.90 bits per heavy atom. The molecule has 2 N–H and O–H groups in total. The SMILES string of the molecule is CC(C)C(=O)c1ccc(NC(=O)c2n[nH]c3ccc(-c4cccnc4)cc23)cn1. The fraction of sp³-hybridized carbons (Fsp3) is 0.136. The van der Waals surface area contributed by atoms with Crippen LogP contribution < -0.4 is 5.32 Å². The molecule has 3 aromatic heterocycles. The van der Waals surface area contributed by atoms with E-state index in [0.717, 1.165) is 16.6 Å². The van der Waals surface area contributed by atoms with Crippen molar-refractivity contribution < 1.29 is 9.59 Å². The van der Waals surface area contributed by atoms with Crippen LogP contribution in [0, 0.1) is 5.92 Å². The van der Waals surface area contributed by atoms with Crippen LogP contribution in [0.25, 0.3) is 22.0 Å². The van der Waals surface area contributed by atoms with Crippen LogP contribution in [0.1, 0.15) is 34.8 Å². The predicted octanol–water partition coefficient (Wildman–Crippen LogP) is 4.11. The number of Topliss-reactive ketones (excluding diaryl/α,β-unsaturated/α-hetero) is 1. The lowest BCUT2D eigenvalue weighted by molar-refractivity contribution is 0.0934. The summed E-state index contributed by atoms with van der Waals surface area (Å²) in [4.78, 5) is 33.0. The lowest BCUT2D eigenvalue weighted by atomic mass is 10.0. The number of H-pyrrole nitrogens is 1. The number of anilines is 1. The maximum atomic E-state index is 12.8. The van der Waals surface area contributed by atoms with Gasteiger partial charge in [-0.2, -0.15) is 5.10 Å². The number of nitrogens with one attached hydrogen (secondary N) is 2. The van der Waals surface area contributed by atoms with Crippen LogP contribution in [0.5, 0.6) is 0 Å². The third-order valence-corrected chi connectivity index (χ3v) is 4.57. The summed E-state index contributed by atoms with van der Waals surface area (Å²) in [5, 5.41) is 10.5. The van der Waals surface area contributed by atoms with Crippen molar-refractivity contribution in [1.82, 2.24) is 20.2 Å². The highest BCUT2D eigenvalue weighted by atomic mass is 16.2. The molecule has 0 atom stereocenters. The molecule has 0 bridgehead atoms. The summed E-state index contributed by atoms with van der Waals surface area (Å²) in [5.41, 5.74) is 3.82. The first-order valence-corrected chi connectivity index (χ1v) is 9.23. The van der Waals surface area contributed by atoms with Gasteiger partial charge in [-0.15, -0.1) is 0 Å². The van der Waals surface area contributed by atoms with E-state index in [1.165, 1.54) is 6.20 Å². The lowest BCUT2D eigenvalue weighted by Crippen LogP contribution is -2.14. The second kappa shape index (κ2) is 7.63. The molecule has 144 valence electrons. The van der Waals surface area contributed by atoms with E-state index in [0.29, 0.717) is 16.8 Å². The molecule has 0 aliphatic carbocycles. The van der Waals surface area contributed by atoms with E-state index in [9.17, 15) is 9.59 Å². The van der Waals surface area contributed by atoms with Gasteiger partial charge in [-0.1, -0.05) is 26.0 Å². The average molecular weight is 385 g/mol. The van der Waals surface area contributed by atoms with Crippen molar-refractivity contribution in [2.75, 3.05) is 5.32 Å². The molecular weight excluding hydrogens is 366 g/mol. The first kappa shape index (κ1) is 18.5. The zero-order chi connectivity index (χ0) is 20.4. The Morgan fingerprint density at radius 1 is 1.03 bits per heavy atom. The Balaban J connectivity index is 1.59. The molecule has 3 heterocycles. The van der Waals surface area contributed by atoms with Crippen molar-refractivity contribution in [2.24, 2.45) is 5.92 Å². The molecule has 0 spiro atoms. The van der Waals surface area contributed by atoms with Gasteiger partial charge in [0.15, 0.2) is 11.5 Å². The van der Waals surface area contributed by atoms with E-state index in [-0.39, 0.29) is 23.3 Å². The smallest absolute Gasteiger partial charge is 0.276 e. The van der Waals surface area contributed by atoms with Crippen LogP contribution >= 0.6 is 0 Å². The van der Waals surface area contributed by atoms with Crippen molar-refractivity contribution in [3.63, 3.8) is 0 Å². The second-order valence-electron chi connectivity index (χ2n) is 6.98. The van der Waals surface area contributed by atoms with E-state index in [2.05, 4.69) is 25.5 Å². The van der Waals surface area contributed by atoms with Crippen molar-refractivity contribution >= 4 is 28.3 Å². The predicted molar refractivity (Wildman–Crippen MR) is 111 cm³/mol. The minimum Gasteiger partial charge on any atom is -0.319 e. The van der Waals surface area contributed by atoms with Gasteiger partial charge in [-0.05, 0) is 35.9 Å². The number of nitrogens with zero attached hydrogens (tertiary/aromatic N) is 3. The first-order chi connectivity index (χ1) is 14.0. The molecule has 7 nitrogen and oxygen atoms in total. The van der Waals surface area contributed by atoms with E-state index in [1.807, 2.05) is 44.2 Å². The fourth-order valence-electron chi connectivity index (χ4n) is 3.00. The number of carbonyl (C=O) groups is 2. The van der Waals surface area contributed by atoms with E-state index >= 15 is 0 Å². The maximum absolute atomic E-state index is 12.8. The van der Waals surface area contributed by atoms with Gasteiger partial charge in [0.05, 0.1) is 17.4 Å². The fourth-order valence-corrected chi connectivity index (χ4v) is 3.00. The number of rotatable bonds is 5. The maximum Gasteiger partial charge on any atom is 0.276 e. The molecule has 7 heteroatoms. The number of benzene rings is 1. The number of pyridine rings is 2. The Morgan fingerprint density at radius 3 is 2.59 bits per heavy atom. The molecule has 4 rings (SSSR count). The number of ketones is 1. The molecule has 0 saturated carbocycles.